The third-order valence-corrected chi connectivity index (χ3v) is 7.47. The third kappa shape index (κ3) is 6.14. The zero-order chi connectivity index (χ0) is 23.2. The van der Waals surface area contributed by atoms with Crippen molar-refractivity contribution in [3.8, 4) is 5.75 Å². The first-order valence-electron chi connectivity index (χ1n) is 12.4. The molecule has 4 rings (SSSR count). The molecule has 1 saturated carbocycles. The Morgan fingerprint density at radius 1 is 1.15 bits per heavy atom. The lowest BCUT2D eigenvalue weighted by atomic mass is 9.88. The Kier molecular flexibility index (Phi) is 8.02. The average Bonchev–Trinajstić information content (AvgIpc) is 3.11. The lowest BCUT2D eigenvalue weighted by Crippen LogP contribution is -2.35. The number of carbonyl (C=O) groups is 1. The van der Waals surface area contributed by atoms with Crippen LogP contribution in [0.1, 0.15) is 67.6 Å². The first-order chi connectivity index (χ1) is 16.0. The van der Waals surface area contributed by atoms with Crippen LogP contribution in [0.4, 0.5) is 4.39 Å². The summed E-state index contributed by atoms with van der Waals surface area (Å²) in [6.45, 7) is 5.78. The molecule has 1 N–H and O–H groups in total. The molecule has 2 aromatic carbocycles. The van der Waals surface area contributed by atoms with Crippen molar-refractivity contribution in [1.29, 1.82) is 0 Å². The van der Waals surface area contributed by atoms with Crippen molar-refractivity contribution in [2.45, 2.75) is 57.3 Å². The molecule has 0 unspecified atom stereocenters. The van der Waals surface area contributed by atoms with E-state index in [1.54, 1.807) is 0 Å². The normalized spacial score (nSPS) is 22.1. The number of ether oxygens (including phenoxy) is 1. The van der Waals surface area contributed by atoms with Gasteiger partial charge in [-0.1, -0.05) is 37.3 Å². The van der Waals surface area contributed by atoms with Crippen LogP contribution in [0.3, 0.4) is 0 Å². The highest BCUT2D eigenvalue weighted by Crippen LogP contribution is 2.42. The number of nitrogens with one attached hydrogen (secondary N) is 1. The van der Waals surface area contributed by atoms with E-state index in [0.29, 0.717) is 29.9 Å². The van der Waals surface area contributed by atoms with Crippen LogP contribution >= 0.6 is 0 Å². The molecule has 1 heterocycles. The van der Waals surface area contributed by atoms with Crippen LogP contribution < -0.4 is 10.1 Å². The molecule has 1 aliphatic carbocycles. The summed E-state index contributed by atoms with van der Waals surface area (Å²) in [6.07, 6.45) is 6.27. The number of halogens is 1. The van der Waals surface area contributed by atoms with Crippen molar-refractivity contribution in [3.05, 3.63) is 65.0 Å². The largest absolute Gasteiger partial charge is 0.494 e. The van der Waals surface area contributed by atoms with Gasteiger partial charge in [0, 0.05) is 19.6 Å². The molecule has 1 saturated heterocycles. The average molecular weight is 453 g/mol. The molecule has 0 spiro atoms. The van der Waals surface area contributed by atoms with Crippen LogP contribution in [0, 0.1) is 11.7 Å². The molecular weight excluding hydrogens is 415 g/mol. The van der Waals surface area contributed by atoms with Gasteiger partial charge in [-0.3, -0.25) is 4.79 Å². The zero-order valence-electron chi connectivity index (χ0n) is 20.0. The van der Waals surface area contributed by atoms with E-state index in [4.69, 9.17) is 4.74 Å². The Labute approximate surface area is 197 Å². The van der Waals surface area contributed by atoms with Crippen LogP contribution in [0.5, 0.6) is 5.75 Å². The molecule has 0 aromatic heterocycles. The number of nitrogens with zero attached hydrogens (tertiary/aromatic N) is 1. The van der Waals surface area contributed by atoms with E-state index in [9.17, 15) is 9.18 Å². The Balaban J connectivity index is 1.29. The molecule has 5 heteroatoms. The summed E-state index contributed by atoms with van der Waals surface area (Å²) in [6, 6.07) is 14.0. The second kappa shape index (κ2) is 11.1. The van der Waals surface area contributed by atoms with Gasteiger partial charge >= 0.3 is 0 Å². The van der Waals surface area contributed by atoms with E-state index in [1.807, 2.05) is 17.0 Å². The highest BCUT2D eigenvalue weighted by atomic mass is 19.1. The van der Waals surface area contributed by atoms with Crippen molar-refractivity contribution in [3.63, 3.8) is 0 Å². The van der Waals surface area contributed by atoms with Gasteiger partial charge in [-0.2, -0.15) is 0 Å². The maximum Gasteiger partial charge on any atom is 0.227 e. The summed E-state index contributed by atoms with van der Waals surface area (Å²) in [5.41, 5.74) is 3.64. The summed E-state index contributed by atoms with van der Waals surface area (Å²) in [4.78, 5) is 14.6. The molecule has 2 fully saturated rings. The maximum atomic E-state index is 13.7. The second-order valence-electron chi connectivity index (χ2n) is 9.81. The fraction of sp³-hybridized carbons (Fsp3) is 0.536. The predicted octanol–water partition coefficient (Wildman–Crippen LogP) is 5.28. The van der Waals surface area contributed by atoms with E-state index in [0.717, 1.165) is 50.1 Å². The highest BCUT2D eigenvalue weighted by molar-refractivity contribution is 5.78. The smallest absolute Gasteiger partial charge is 0.227 e. The molecule has 1 amide bonds. The number of rotatable bonds is 7. The molecule has 178 valence electrons. The topological polar surface area (TPSA) is 41.6 Å². The minimum atomic E-state index is -0.303. The van der Waals surface area contributed by atoms with Gasteiger partial charge in [0.1, 0.15) is 0 Å². The van der Waals surface area contributed by atoms with E-state index in [1.165, 1.54) is 38.0 Å². The predicted molar refractivity (Wildman–Crippen MR) is 130 cm³/mol. The molecule has 0 radical (unpaired) electrons. The lowest BCUT2D eigenvalue weighted by Gasteiger charge is -2.20. The zero-order valence-corrected chi connectivity index (χ0v) is 20.0. The fourth-order valence-electron chi connectivity index (χ4n) is 5.50. The van der Waals surface area contributed by atoms with Crippen molar-refractivity contribution in [1.82, 2.24) is 10.2 Å². The summed E-state index contributed by atoms with van der Waals surface area (Å²) in [5, 5.41) is 3.35. The van der Waals surface area contributed by atoms with Gasteiger partial charge in [0.15, 0.2) is 11.6 Å². The number of benzene rings is 2. The minimum Gasteiger partial charge on any atom is -0.494 e. The Hall–Kier alpha value is -2.40. The van der Waals surface area contributed by atoms with E-state index >= 15 is 0 Å². The van der Waals surface area contributed by atoms with Gasteiger partial charge in [0.05, 0.1) is 13.5 Å². The van der Waals surface area contributed by atoms with E-state index in [2.05, 4.69) is 36.5 Å². The van der Waals surface area contributed by atoms with E-state index < -0.39 is 0 Å². The number of amides is 1. The van der Waals surface area contributed by atoms with Crippen LogP contribution in [-0.2, 0) is 11.2 Å². The Bertz CT molecular complexity index is 922. The molecule has 2 aliphatic rings. The monoisotopic (exact) mass is 452 g/mol. The van der Waals surface area contributed by atoms with Gasteiger partial charge in [-0.15, -0.1) is 0 Å². The lowest BCUT2D eigenvalue weighted by molar-refractivity contribution is -0.130. The number of hydrogen-bond acceptors (Lipinski definition) is 3. The molecule has 3 atom stereocenters. The Morgan fingerprint density at radius 3 is 2.76 bits per heavy atom. The second-order valence-corrected chi connectivity index (χ2v) is 9.81. The van der Waals surface area contributed by atoms with Crippen molar-refractivity contribution >= 4 is 5.91 Å². The number of hydrogen-bond donors (Lipinski definition) is 1. The van der Waals surface area contributed by atoms with Crippen molar-refractivity contribution in [2.24, 2.45) is 5.92 Å². The van der Waals surface area contributed by atoms with Crippen LogP contribution in [0.2, 0.25) is 0 Å². The van der Waals surface area contributed by atoms with E-state index in [-0.39, 0.29) is 11.7 Å². The standard InChI is InChI=1S/C28H37FN2O2/c1-20(24-10-11-26(29)27(19-24)33-2)16-22-6-9-25(17-22)23-7-4-21(5-8-23)18-28(32)31-14-3-12-30-13-15-31/h4-5,7-8,10-11,19-20,22,25,30H,3,6,9,12-18H2,1-2H3/t20-,22+,25+/m0/s1. The SMILES string of the molecule is COc1cc([C@@H](C)C[C@H]2CC[C@@H](c3ccc(CC(=O)N4CCCNCC4)cc3)C2)ccc1F. The van der Waals surface area contributed by atoms with Gasteiger partial charge in [-0.05, 0) is 85.2 Å². The molecule has 33 heavy (non-hydrogen) atoms. The summed E-state index contributed by atoms with van der Waals surface area (Å²) in [5.74, 6) is 1.91. The van der Waals surface area contributed by atoms with Gasteiger partial charge in [-0.25, -0.2) is 4.39 Å². The maximum absolute atomic E-state index is 13.7. The fourth-order valence-corrected chi connectivity index (χ4v) is 5.50. The van der Waals surface area contributed by atoms with Crippen molar-refractivity contribution < 1.29 is 13.9 Å². The molecule has 4 nitrogen and oxygen atoms in total. The van der Waals surface area contributed by atoms with Crippen LogP contribution in [0.25, 0.3) is 0 Å². The summed E-state index contributed by atoms with van der Waals surface area (Å²) in [7, 11) is 1.52. The molecule has 2 aromatic rings. The quantitative estimate of drug-likeness (QED) is 0.622. The number of methoxy groups -OCH3 is 1. The van der Waals surface area contributed by atoms with Gasteiger partial charge < -0.3 is 15.0 Å². The van der Waals surface area contributed by atoms with Gasteiger partial charge in [0.2, 0.25) is 5.91 Å². The highest BCUT2D eigenvalue weighted by Gasteiger charge is 2.27. The molecular formula is C28H37FN2O2. The first-order valence-corrected chi connectivity index (χ1v) is 12.4. The van der Waals surface area contributed by atoms with Crippen LogP contribution in [0.15, 0.2) is 42.5 Å². The van der Waals surface area contributed by atoms with Crippen LogP contribution in [-0.4, -0.2) is 44.1 Å². The first kappa shape index (κ1) is 23.7. The summed E-state index contributed by atoms with van der Waals surface area (Å²) >= 11 is 0. The van der Waals surface area contributed by atoms with Crippen molar-refractivity contribution in [2.75, 3.05) is 33.3 Å². The number of carbonyl (C=O) groups excluding carboxylic acids is 1. The third-order valence-electron chi connectivity index (χ3n) is 7.47. The Morgan fingerprint density at radius 2 is 1.97 bits per heavy atom. The molecule has 0 bridgehead atoms. The van der Waals surface area contributed by atoms with Gasteiger partial charge in [0.25, 0.3) is 0 Å². The minimum absolute atomic E-state index is 0.235. The molecule has 1 aliphatic heterocycles. The summed E-state index contributed by atoms with van der Waals surface area (Å²) < 4.78 is 18.9.